The molecule has 2 heterocycles. The van der Waals surface area contributed by atoms with Crippen LogP contribution in [0.4, 0.5) is 0 Å². The van der Waals surface area contributed by atoms with Crippen LogP contribution in [0.3, 0.4) is 0 Å². The average molecular weight is 476 g/mol. The number of ether oxygens (including phenoxy) is 3. The first-order valence-electron chi connectivity index (χ1n) is 9.66. The third-order valence-electron chi connectivity index (χ3n) is 5.68. The van der Waals surface area contributed by atoms with E-state index in [0.29, 0.717) is 29.0 Å². The molecular formula is C24H18BrN3O3. The number of nitriles is 1. The van der Waals surface area contributed by atoms with Crippen LogP contribution in [0.2, 0.25) is 0 Å². The number of rotatable bonds is 3. The second kappa shape index (κ2) is 7.33. The minimum absolute atomic E-state index is 0.171. The van der Waals surface area contributed by atoms with Crippen LogP contribution in [-0.4, -0.2) is 20.8 Å². The lowest BCUT2D eigenvalue weighted by atomic mass is 9.79. The SMILES string of the molecule is COc1cc(C2C=C3C=CCOC3=c3ccc4c(c32)C(C#N)=C(N)N=4)cc(Br)c1OC. The number of nitrogens with two attached hydrogens (primary N) is 1. The van der Waals surface area contributed by atoms with Gasteiger partial charge >= 0.3 is 0 Å². The first-order valence-corrected chi connectivity index (χ1v) is 10.5. The van der Waals surface area contributed by atoms with E-state index in [1.165, 1.54) is 0 Å². The maximum Gasteiger partial charge on any atom is 0.174 e. The van der Waals surface area contributed by atoms with Crippen LogP contribution in [-0.2, 0) is 4.74 Å². The van der Waals surface area contributed by atoms with Crippen molar-refractivity contribution in [1.29, 1.82) is 5.26 Å². The zero-order valence-electron chi connectivity index (χ0n) is 16.9. The predicted molar refractivity (Wildman–Crippen MR) is 120 cm³/mol. The third-order valence-corrected chi connectivity index (χ3v) is 6.27. The van der Waals surface area contributed by atoms with Crippen LogP contribution in [0.5, 0.6) is 11.5 Å². The van der Waals surface area contributed by atoms with Gasteiger partial charge in [-0.2, -0.15) is 5.26 Å². The lowest BCUT2D eigenvalue weighted by Crippen LogP contribution is -2.29. The van der Waals surface area contributed by atoms with Crippen LogP contribution in [0.1, 0.15) is 22.6 Å². The molecule has 0 saturated carbocycles. The zero-order chi connectivity index (χ0) is 21.7. The molecule has 1 unspecified atom stereocenters. The summed E-state index contributed by atoms with van der Waals surface area (Å²) in [6.45, 7) is 0.503. The average Bonchev–Trinajstić information content (AvgIpc) is 3.12. The van der Waals surface area contributed by atoms with Gasteiger partial charge in [-0.05, 0) is 57.4 Å². The van der Waals surface area contributed by atoms with Crippen molar-refractivity contribution in [1.82, 2.24) is 0 Å². The summed E-state index contributed by atoms with van der Waals surface area (Å²) in [6.07, 6.45) is 6.20. The van der Waals surface area contributed by atoms with Gasteiger partial charge in [0.2, 0.25) is 0 Å². The van der Waals surface area contributed by atoms with E-state index in [9.17, 15) is 5.26 Å². The summed E-state index contributed by atoms with van der Waals surface area (Å²) in [6, 6.07) is 10.1. The Labute approximate surface area is 187 Å². The number of hydrogen-bond donors (Lipinski definition) is 1. The molecule has 2 aromatic carbocycles. The van der Waals surface area contributed by atoms with Crippen LogP contribution in [0, 0.1) is 11.3 Å². The number of fused-ring (bicyclic) bond motifs is 4. The normalized spacial score (nSPS) is 18.2. The lowest BCUT2D eigenvalue weighted by Gasteiger charge is -2.27. The summed E-state index contributed by atoms with van der Waals surface area (Å²) < 4.78 is 17.8. The van der Waals surface area contributed by atoms with Gasteiger partial charge in [-0.3, -0.25) is 0 Å². The zero-order valence-corrected chi connectivity index (χ0v) is 18.5. The van der Waals surface area contributed by atoms with Gasteiger partial charge in [0.1, 0.15) is 29.8 Å². The Kier molecular flexibility index (Phi) is 4.60. The van der Waals surface area contributed by atoms with Crippen molar-refractivity contribution in [2.45, 2.75) is 5.92 Å². The molecule has 1 aliphatic carbocycles. The molecule has 2 aromatic rings. The highest BCUT2D eigenvalue weighted by Crippen LogP contribution is 2.42. The second-order valence-electron chi connectivity index (χ2n) is 7.29. The molecule has 0 bridgehead atoms. The van der Waals surface area contributed by atoms with Gasteiger partial charge in [-0.1, -0.05) is 12.2 Å². The van der Waals surface area contributed by atoms with E-state index in [1.54, 1.807) is 14.2 Å². The second-order valence-corrected chi connectivity index (χ2v) is 8.14. The number of allylic oxidation sites excluding steroid dienone is 2. The predicted octanol–water partition coefficient (Wildman–Crippen LogP) is 3.02. The fraction of sp³-hybridized carbons (Fsp3) is 0.167. The third kappa shape index (κ3) is 2.87. The Hall–Kier alpha value is -3.50. The molecule has 0 fully saturated rings. The Morgan fingerprint density at radius 1 is 1.26 bits per heavy atom. The maximum absolute atomic E-state index is 9.81. The highest BCUT2D eigenvalue weighted by Gasteiger charge is 2.31. The largest absolute Gasteiger partial charge is 0.493 e. The molecule has 7 heteroatoms. The smallest absolute Gasteiger partial charge is 0.174 e. The van der Waals surface area contributed by atoms with E-state index in [-0.39, 0.29) is 11.7 Å². The van der Waals surface area contributed by atoms with Gasteiger partial charge in [0.05, 0.1) is 24.0 Å². The van der Waals surface area contributed by atoms with E-state index in [4.69, 9.17) is 19.9 Å². The van der Waals surface area contributed by atoms with Crippen molar-refractivity contribution in [2.24, 2.45) is 10.7 Å². The molecular weight excluding hydrogens is 458 g/mol. The molecule has 5 rings (SSSR count). The number of hydrogen-bond acceptors (Lipinski definition) is 6. The molecule has 0 aromatic heterocycles. The Morgan fingerprint density at radius 2 is 2.10 bits per heavy atom. The van der Waals surface area contributed by atoms with E-state index >= 15 is 0 Å². The topological polar surface area (TPSA) is 89.9 Å². The van der Waals surface area contributed by atoms with Crippen molar-refractivity contribution in [3.63, 3.8) is 0 Å². The standard InChI is InChI=1S/C24H18BrN3O3/c1-29-19-10-13(9-17(25)23(19)30-2)15-8-12-4-3-7-31-22(12)14-5-6-18-21(20(14)15)16(11-26)24(27)28-18/h3-6,8-10,15H,7,27H2,1-2H3. The number of methoxy groups -OCH3 is 2. The van der Waals surface area contributed by atoms with Crippen molar-refractivity contribution < 1.29 is 14.2 Å². The van der Waals surface area contributed by atoms with Gasteiger partial charge in [0.15, 0.2) is 11.5 Å². The van der Waals surface area contributed by atoms with Crippen LogP contribution < -0.4 is 25.8 Å². The minimum Gasteiger partial charge on any atom is -0.493 e. The summed E-state index contributed by atoms with van der Waals surface area (Å²) in [7, 11) is 3.21. The molecule has 3 aliphatic rings. The summed E-state index contributed by atoms with van der Waals surface area (Å²) in [5, 5.41) is 11.4. The van der Waals surface area contributed by atoms with E-state index in [1.807, 2.05) is 30.3 Å². The van der Waals surface area contributed by atoms with Crippen LogP contribution >= 0.6 is 15.9 Å². The molecule has 0 radical (unpaired) electrons. The monoisotopic (exact) mass is 475 g/mol. The fourth-order valence-electron chi connectivity index (χ4n) is 4.39. The highest BCUT2D eigenvalue weighted by atomic mass is 79.9. The Balaban J connectivity index is 1.86. The minimum atomic E-state index is -0.171. The molecule has 0 spiro atoms. The summed E-state index contributed by atoms with van der Waals surface area (Å²) in [5.41, 5.74) is 10.2. The van der Waals surface area contributed by atoms with E-state index < -0.39 is 0 Å². The van der Waals surface area contributed by atoms with E-state index in [0.717, 1.165) is 37.7 Å². The molecule has 6 nitrogen and oxygen atoms in total. The Morgan fingerprint density at radius 3 is 2.84 bits per heavy atom. The Bertz CT molecular complexity index is 1400. The molecule has 154 valence electrons. The van der Waals surface area contributed by atoms with Gasteiger partial charge in [0.25, 0.3) is 0 Å². The summed E-state index contributed by atoms with van der Waals surface area (Å²) >= 11 is 3.60. The molecule has 31 heavy (non-hydrogen) atoms. The van der Waals surface area contributed by atoms with Crippen LogP contribution in [0.25, 0.3) is 11.3 Å². The van der Waals surface area contributed by atoms with Gasteiger partial charge in [-0.25, -0.2) is 4.99 Å². The van der Waals surface area contributed by atoms with Crippen molar-refractivity contribution in [2.75, 3.05) is 20.8 Å². The van der Waals surface area contributed by atoms with E-state index in [2.05, 4.69) is 39.1 Å². The quantitative estimate of drug-likeness (QED) is 0.736. The molecule has 1 atom stereocenters. The first kappa shape index (κ1) is 19.5. The number of halogens is 1. The highest BCUT2D eigenvalue weighted by molar-refractivity contribution is 9.10. The summed E-state index contributed by atoms with van der Waals surface area (Å²) in [4.78, 5) is 4.42. The molecule has 0 amide bonds. The maximum atomic E-state index is 9.81. The van der Waals surface area contributed by atoms with Gasteiger partial charge < -0.3 is 19.9 Å². The van der Waals surface area contributed by atoms with Crippen molar-refractivity contribution in [3.8, 4) is 17.6 Å². The number of nitrogens with zero attached hydrogens (tertiary/aromatic N) is 2. The van der Waals surface area contributed by atoms with Gasteiger partial charge in [0, 0.05) is 22.3 Å². The molecule has 2 N–H and O–H groups in total. The molecule has 2 aliphatic heterocycles. The van der Waals surface area contributed by atoms with Gasteiger partial charge in [-0.15, -0.1) is 0 Å². The first-order chi connectivity index (χ1) is 15.1. The fourth-order valence-corrected chi connectivity index (χ4v) is 5.01. The summed E-state index contributed by atoms with van der Waals surface area (Å²) in [5.74, 6) is 2.11. The number of benzene rings is 2. The molecule has 0 saturated heterocycles. The lowest BCUT2D eigenvalue weighted by molar-refractivity contribution is 0.310. The van der Waals surface area contributed by atoms with Crippen molar-refractivity contribution >= 4 is 27.3 Å². The van der Waals surface area contributed by atoms with Crippen molar-refractivity contribution in [3.05, 3.63) is 85.6 Å². The van der Waals surface area contributed by atoms with Crippen LogP contribution in [0.15, 0.2) is 63.4 Å².